The van der Waals surface area contributed by atoms with Gasteiger partial charge in [0.1, 0.15) is 0 Å². The van der Waals surface area contributed by atoms with Gasteiger partial charge >= 0.3 is 11.9 Å². The molecule has 0 aromatic heterocycles. The van der Waals surface area contributed by atoms with Crippen LogP contribution in [0, 0.1) is 28.6 Å². The summed E-state index contributed by atoms with van der Waals surface area (Å²) < 4.78 is 5.36. The van der Waals surface area contributed by atoms with E-state index >= 15 is 0 Å². The van der Waals surface area contributed by atoms with E-state index in [1.165, 1.54) is 44.9 Å². The van der Waals surface area contributed by atoms with Crippen molar-refractivity contribution in [3.8, 4) is 0 Å². The third kappa shape index (κ3) is 3.06. The van der Waals surface area contributed by atoms with E-state index in [1.54, 1.807) is 0 Å². The predicted molar refractivity (Wildman–Crippen MR) is 98.9 cm³/mol. The first-order valence-electron chi connectivity index (χ1n) is 10.7. The molecule has 142 valence electrons. The summed E-state index contributed by atoms with van der Waals surface area (Å²) in [5, 5.41) is 0. The number of hydrogen-bond donors (Lipinski definition) is 0. The molecule has 3 fully saturated rings. The molecule has 4 unspecified atom stereocenters. The van der Waals surface area contributed by atoms with Gasteiger partial charge in [0.05, 0.1) is 11.3 Å². The molecule has 4 atom stereocenters. The molecule has 0 spiro atoms. The Kier molecular flexibility index (Phi) is 5.60. The molecular formula is C22H36O3. The van der Waals surface area contributed by atoms with E-state index in [4.69, 9.17) is 4.74 Å². The standard InChI is InChI=1S/C22H36O3/c1-16(2)17-12-8-4-6-10-14-21(17,3)22-15-11-7-5-9-13-18(22)19(23)25-20(22)24/h16-18H,4-15H2,1-3H3. The van der Waals surface area contributed by atoms with E-state index in [2.05, 4.69) is 20.8 Å². The fraction of sp³-hybridized carbons (Fsp3) is 0.909. The lowest BCUT2D eigenvalue weighted by molar-refractivity contribution is -0.163. The second kappa shape index (κ2) is 7.40. The molecule has 3 rings (SSSR count). The molecular weight excluding hydrogens is 312 g/mol. The SMILES string of the molecule is CC(C)C1CCCCCCC1(C)C12CCCCCCC1C(=O)OC2=O. The minimum absolute atomic E-state index is 0.118. The largest absolute Gasteiger partial charge is 0.392 e. The summed E-state index contributed by atoms with van der Waals surface area (Å²) >= 11 is 0. The minimum Gasteiger partial charge on any atom is -0.392 e. The average Bonchev–Trinajstić information content (AvgIpc) is 2.73. The molecule has 0 aromatic rings. The van der Waals surface area contributed by atoms with E-state index in [0.29, 0.717) is 11.8 Å². The summed E-state index contributed by atoms with van der Waals surface area (Å²) in [7, 11) is 0. The number of fused-ring (bicyclic) bond motifs is 1. The zero-order valence-corrected chi connectivity index (χ0v) is 16.4. The highest BCUT2D eigenvalue weighted by molar-refractivity contribution is 5.99. The van der Waals surface area contributed by atoms with Crippen molar-refractivity contribution in [2.24, 2.45) is 28.6 Å². The zero-order valence-electron chi connectivity index (χ0n) is 16.4. The fourth-order valence-corrected chi connectivity index (χ4v) is 6.60. The van der Waals surface area contributed by atoms with E-state index in [9.17, 15) is 9.59 Å². The molecule has 0 amide bonds. The number of rotatable bonds is 2. The molecule has 1 aliphatic heterocycles. The summed E-state index contributed by atoms with van der Waals surface area (Å²) in [5.41, 5.74) is -0.691. The van der Waals surface area contributed by atoms with E-state index in [0.717, 1.165) is 32.1 Å². The molecule has 3 aliphatic rings. The number of hydrogen-bond acceptors (Lipinski definition) is 3. The molecule has 3 nitrogen and oxygen atoms in total. The van der Waals surface area contributed by atoms with Crippen molar-refractivity contribution >= 4 is 11.9 Å². The quantitative estimate of drug-likeness (QED) is 0.478. The van der Waals surface area contributed by atoms with E-state index in [1.807, 2.05) is 0 Å². The van der Waals surface area contributed by atoms with E-state index < -0.39 is 5.41 Å². The molecule has 0 N–H and O–H groups in total. The Morgan fingerprint density at radius 1 is 0.880 bits per heavy atom. The first kappa shape index (κ1) is 18.9. The van der Waals surface area contributed by atoms with Crippen molar-refractivity contribution in [3.63, 3.8) is 0 Å². The smallest absolute Gasteiger partial charge is 0.321 e. The predicted octanol–water partition coefficient (Wildman–Crippen LogP) is 5.66. The van der Waals surface area contributed by atoms with Gasteiger partial charge in [-0.2, -0.15) is 0 Å². The van der Waals surface area contributed by atoms with Crippen molar-refractivity contribution < 1.29 is 14.3 Å². The van der Waals surface area contributed by atoms with Crippen LogP contribution in [0.4, 0.5) is 0 Å². The van der Waals surface area contributed by atoms with E-state index in [-0.39, 0.29) is 23.3 Å². The lowest BCUT2D eigenvalue weighted by Gasteiger charge is -2.53. The normalized spacial score (nSPS) is 40.6. The summed E-state index contributed by atoms with van der Waals surface area (Å²) in [6.45, 7) is 6.96. The molecule has 3 heteroatoms. The Balaban J connectivity index is 2.09. The van der Waals surface area contributed by atoms with Crippen LogP contribution in [0.1, 0.15) is 97.8 Å². The molecule has 2 aliphatic carbocycles. The first-order valence-corrected chi connectivity index (χ1v) is 10.7. The van der Waals surface area contributed by atoms with Gasteiger partial charge < -0.3 is 4.74 Å². The van der Waals surface area contributed by atoms with Crippen LogP contribution in [-0.4, -0.2) is 11.9 Å². The molecule has 0 radical (unpaired) electrons. The van der Waals surface area contributed by atoms with Crippen LogP contribution < -0.4 is 0 Å². The second-order valence-electron chi connectivity index (χ2n) is 9.41. The van der Waals surface area contributed by atoms with Gasteiger partial charge in [-0.05, 0) is 42.9 Å². The van der Waals surface area contributed by atoms with Crippen molar-refractivity contribution in [1.29, 1.82) is 0 Å². The Morgan fingerprint density at radius 2 is 1.48 bits per heavy atom. The van der Waals surface area contributed by atoms with Crippen LogP contribution >= 0.6 is 0 Å². The molecule has 2 saturated carbocycles. The Bertz CT molecular complexity index is 511. The second-order valence-corrected chi connectivity index (χ2v) is 9.41. The van der Waals surface area contributed by atoms with Gasteiger partial charge in [-0.15, -0.1) is 0 Å². The number of ether oxygens (including phenoxy) is 1. The summed E-state index contributed by atoms with van der Waals surface area (Å²) in [4.78, 5) is 25.9. The van der Waals surface area contributed by atoms with Gasteiger partial charge in [0.25, 0.3) is 0 Å². The maximum Gasteiger partial charge on any atom is 0.321 e. The van der Waals surface area contributed by atoms with Crippen molar-refractivity contribution in [1.82, 2.24) is 0 Å². The third-order valence-electron chi connectivity index (χ3n) is 7.85. The number of carbonyl (C=O) groups excluding carboxylic acids is 2. The molecule has 1 heterocycles. The topological polar surface area (TPSA) is 43.4 Å². The van der Waals surface area contributed by atoms with Crippen LogP contribution in [0.25, 0.3) is 0 Å². The third-order valence-corrected chi connectivity index (χ3v) is 7.85. The number of carbonyl (C=O) groups is 2. The molecule has 0 bridgehead atoms. The maximum absolute atomic E-state index is 13.2. The lowest BCUT2D eigenvalue weighted by atomic mass is 9.47. The van der Waals surface area contributed by atoms with Gasteiger partial charge in [-0.1, -0.05) is 72.1 Å². The summed E-state index contributed by atoms with van der Waals surface area (Å²) in [6.07, 6.45) is 13.4. The molecule has 1 saturated heterocycles. The van der Waals surface area contributed by atoms with Gasteiger partial charge in [0.2, 0.25) is 0 Å². The first-order chi connectivity index (χ1) is 11.9. The van der Waals surface area contributed by atoms with Gasteiger partial charge in [0, 0.05) is 0 Å². The number of esters is 2. The zero-order chi connectivity index (χ0) is 18.1. The summed E-state index contributed by atoms with van der Waals surface area (Å²) in [5.74, 6) is 0.419. The Labute approximate surface area is 153 Å². The van der Waals surface area contributed by atoms with Gasteiger partial charge in [0.15, 0.2) is 0 Å². The van der Waals surface area contributed by atoms with Crippen LogP contribution in [0.2, 0.25) is 0 Å². The van der Waals surface area contributed by atoms with Crippen molar-refractivity contribution in [2.75, 3.05) is 0 Å². The minimum atomic E-state index is -0.573. The van der Waals surface area contributed by atoms with Crippen LogP contribution in [0.15, 0.2) is 0 Å². The Hall–Kier alpha value is -0.860. The number of cyclic esters (lactones) is 2. The van der Waals surface area contributed by atoms with Crippen molar-refractivity contribution in [3.05, 3.63) is 0 Å². The van der Waals surface area contributed by atoms with Crippen LogP contribution in [0.5, 0.6) is 0 Å². The van der Waals surface area contributed by atoms with Crippen molar-refractivity contribution in [2.45, 2.75) is 97.8 Å². The van der Waals surface area contributed by atoms with Crippen LogP contribution in [0.3, 0.4) is 0 Å². The Morgan fingerprint density at radius 3 is 2.16 bits per heavy atom. The fourth-order valence-electron chi connectivity index (χ4n) is 6.60. The summed E-state index contributed by atoms with van der Waals surface area (Å²) in [6, 6.07) is 0. The lowest BCUT2D eigenvalue weighted by Crippen LogP contribution is -2.54. The highest BCUT2D eigenvalue weighted by Crippen LogP contribution is 2.63. The maximum atomic E-state index is 13.2. The average molecular weight is 349 g/mol. The molecule has 0 aromatic carbocycles. The van der Waals surface area contributed by atoms with Gasteiger partial charge in [-0.25, -0.2) is 0 Å². The highest BCUT2D eigenvalue weighted by Gasteiger charge is 2.67. The monoisotopic (exact) mass is 348 g/mol. The highest BCUT2D eigenvalue weighted by atomic mass is 16.6. The van der Waals surface area contributed by atoms with Crippen LogP contribution in [-0.2, 0) is 14.3 Å². The van der Waals surface area contributed by atoms with Gasteiger partial charge in [-0.3, -0.25) is 9.59 Å². The molecule has 25 heavy (non-hydrogen) atoms.